The molecular formula is C14H19N3. The number of hydrogen-bond donors (Lipinski definition) is 1. The molecule has 90 valence electrons. The number of pyridine rings is 1. The molecular weight excluding hydrogens is 210 g/mol. The van der Waals surface area contributed by atoms with E-state index < -0.39 is 0 Å². The van der Waals surface area contributed by atoms with Crippen molar-refractivity contribution in [3.63, 3.8) is 0 Å². The molecule has 2 aromatic heterocycles. The largest absolute Gasteiger partial charge is 0.343 e. The Hall–Kier alpha value is -1.35. The third-order valence-corrected chi connectivity index (χ3v) is 3.81. The number of likely N-dealkylation sites (tertiary alicyclic amines) is 1. The van der Waals surface area contributed by atoms with Crippen molar-refractivity contribution < 1.29 is 0 Å². The van der Waals surface area contributed by atoms with Gasteiger partial charge in [-0.3, -0.25) is 0 Å². The zero-order chi connectivity index (χ0) is 11.7. The maximum absolute atomic E-state index is 4.37. The molecule has 0 bridgehead atoms. The number of aromatic nitrogens is 2. The number of nitrogens with one attached hydrogen (secondary N) is 1. The highest BCUT2D eigenvalue weighted by Gasteiger charge is 2.21. The van der Waals surface area contributed by atoms with Crippen molar-refractivity contribution in [3.05, 3.63) is 30.1 Å². The van der Waals surface area contributed by atoms with Crippen molar-refractivity contribution in [3.8, 4) is 0 Å². The lowest BCUT2D eigenvalue weighted by Crippen LogP contribution is -2.34. The predicted octanol–water partition coefficient (Wildman–Crippen LogP) is 2.76. The normalized spacial score (nSPS) is 22.1. The number of hydrogen-bond acceptors (Lipinski definition) is 2. The van der Waals surface area contributed by atoms with Gasteiger partial charge in [0.15, 0.2) is 0 Å². The highest BCUT2D eigenvalue weighted by Crippen LogP contribution is 2.28. The van der Waals surface area contributed by atoms with E-state index >= 15 is 0 Å². The molecule has 0 spiro atoms. The van der Waals surface area contributed by atoms with E-state index in [9.17, 15) is 0 Å². The molecule has 2 aromatic rings. The number of aromatic amines is 1. The van der Waals surface area contributed by atoms with E-state index in [4.69, 9.17) is 0 Å². The molecule has 3 heterocycles. The molecule has 1 fully saturated rings. The van der Waals surface area contributed by atoms with Crippen molar-refractivity contribution in [2.75, 3.05) is 19.6 Å². The first-order valence-electron chi connectivity index (χ1n) is 6.53. The number of rotatable bonds is 2. The van der Waals surface area contributed by atoms with Crippen LogP contribution in [0.15, 0.2) is 24.4 Å². The molecule has 1 saturated heterocycles. The van der Waals surface area contributed by atoms with Crippen LogP contribution in [0.1, 0.15) is 31.4 Å². The summed E-state index contributed by atoms with van der Waals surface area (Å²) in [5.41, 5.74) is 2.38. The molecule has 1 aliphatic rings. The molecule has 17 heavy (non-hydrogen) atoms. The van der Waals surface area contributed by atoms with Gasteiger partial charge in [0.2, 0.25) is 0 Å². The Labute approximate surface area is 102 Å². The summed E-state index contributed by atoms with van der Waals surface area (Å²) in [5.74, 6) is 0.651. The number of nitrogens with zero attached hydrogens (tertiary/aromatic N) is 2. The fourth-order valence-corrected chi connectivity index (χ4v) is 2.80. The van der Waals surface area contributed by atoms with Crippen molar-refractivity contribution >= 4 is 11.0 Å². The zero-order valence-electron chi connectivity index (χ0n) is 10.3. The van der Waals surface area contributed by atoms with Gasteiger partial charge in [-0.05, 0) is 44.1 Å². The Kier molecular flexibility index (Phi) is 2.85. The van der Waals surface area contributed by atoms with Gasteiger partial charge in [-0.25, -0.2) is 4.98 Å². The van der Waals surface area contributed by atoms with E-state index in [0.29, 0.717) is 5.92 Å². The molecule has 1 N–H and O–H groups in total. The molecule has 1 aliphatic heterocycles. The molecule has 3 nitrogen and oxygen atoms in total. The van der Waals surface area contributed by atoms with Gasteiger partial charge in [0.25, 0.3) is 0 Å². The number of fused-ring (bicyclic) bond motifs is 1. The molecule has 0 saturated carbocycles. The lowest BCUT2D eigenvalue weighted by molar-refractivity contribution is 0.216. The van der Waals surface area contributed by atoms with E-state index in [2.05, 4.69) is 33.9 Å². The lowest BCUT2D eigenvalue weighted by atomic mass is 9.95. The molecule has 3 rings (SSSR count). The first-order chi connectivity index (χ1) is 8.36. The van der Waals surface area contributed by atoms with Crippen LogP contribution in [0.2, 0.25) is 0 Å². The Balaban J connectivity index is 1.87. The van der Waals surface area contributed by atoms with Crippen LogP contribution in [0.4, 0.5) is 0 Å². The monoisotopic (exact) mass is 229 g/mol. The van der Waals surface area contributed by atoms with Gasteiger partial charge < -0.3 is 9.88 Å². The van der Waals surface area contributed by atoms with E-state index in [1.165, 1.54) is 37.0 Å². The van der Waals surface area contributed by atoms with Crippen LogP contribution in [-0.4, -0.2) is 34.5 Å². The van der Waals surface area contributed by atoms with Crippen molar-refractivity contribution in [1.29, 1.82) is 0 Å². The summed E-state index contributed by atoms with van der Waals surface area (Å²) in [5, 5.41) is 1.23. The van der Waals surface area contributed by atoms with Crippen LogP contribution in [0.3, 0.4) is 0 Å². The van der Waals surface area contributed by atoms with Gasteiger partial charge in [0, 0.05) is 29.7 Å². The van der Waals surface area contributed by atoms with E-state index in [0.717, 1.165) is 12.2 Å². The minimum Gasteiger partial charge on any atom is -0.343 e. The summed E-state index contributed by atoms with van der Waals surface area (Å²) in [6.07, 6.45) is 4.45. The van der Waals surface area contributed by atoms with Crippen molar-refractivity contribution in [2.45, 2.75) is 25.7 Å². The lowest BCUT2D eigenvalue weighted by Gasteiger charge is -2.31. The van der Waals surface area contributed by atoms with Gasteiger partial charge in [-0.15, -0.1) is 0 Å². The third kappa shape index (κ3) is 2.07. The van der Waals surface area contributed by atoms with Crippen LogP contribution in [0.5, 0.6) is 0 Å². The van der Waals surface area contributed by atoms with Crippen LogP contribution in [0.25, 0.3) is 11.0 Å². The fourth-order valence-electron chi connectivity index (χ4n) is 2.80. The fraction of sp³-hybridized carbons (Fsp3) is 0.500. The summed E-state index contributed by atoms with van der Waals surface area (Å²) in [6.45, 7) is 5.85. The SMILES string of the molecule is CCN1CCCC(c2cc3cccnc3[nH]2)C1. The molecule has 1 atom stereocenters. The quantitative estimate of drug-likeness (QED) is 0.858. The van der Waals surface area contributed by atoms with Crippen LogP contribution >= 0.6 is 0 Å². The molecule has 0 aromatic carbocycles. The molecule has 0 aliphatic carbocycles. The summed E-state index contributed by atoms with van der Waals surface area (Å²) < 4.78 is 0. The van der Waals surface area contributed by atoms with Crippen LogP contribution in [0, 0.1) is 0 Å². The van der Waals surface area contributed by atoms with Crippen molar-refractivity contribution in [1.82, 2.24) is 14.9 Å². The second kappa shape index (κ2) is 4.49. The van der Waals surface area contributed by atoms with Gasteiger partial charge in [-0.2, -0.15) is 0 Å². The summed E-state index contributed by atoms with van der Waals surface area (Å²) in [7, 11) is 0. The highest BCUT2D eigenvalue weighted by atomic mass is 15.1. The minimum atomic E-state index is 0.651. The maximum atomic E-state index is 4.37. The number of H-pyrrole nitrogens is 1. The Morgan fingerprint density at radius 3 is 3.29 bits per heavy atom. The zero-order valence-corrected chi connectivity index (χ0v) is 10.3. The topological polar surface area (TPSA) is 31.9 Å². The van der Waals surface area contributed by atoms with Crippen LogP contribution in [-0.2, 0) is 0 Å². The average molecular weight is 229 g/mol. The summed E-state index contributed by atoms with van der Waals surface area (Å²) >= 11 is 0. The molecule has 3 heteroatoms. The number of likely N-dealkylation sites (N-methyl/N-ethyl adjacent to an activating group) is 1. The summed E-state index contributed by atoms with van der Waals surface area (Å²) in [4.78, 5) is 10.4. The van der Waals surface area contributed by atoms with Gasteiger partial charge in [-0.1, -0.05) is 6.92 Å². The third-order valence-electron chi connectivity index (χ3n) is 3.81. The summed E-state index contributed by atoms with van der Waals surface area (Å²) in [6, 6.07) is 6.40. The second-order valence-corrected chi connectivity index (χ2v) is 4.90. The van der Waals surface area contributed by atoms with Gasteiger partial charge >= 0.3 is 0 Å². The second-order valence-electron chi connectivity index (χ2n) is 4.90. The van der Waals surface area contributed by atoms with Gasteiger partial charge in [0.05, 0.1) is 0 Å². The first-order valence-corrected chi connectivity index (χ1v) is 6.53. The van der Waals surface area contributed by atoms with Crippen LogP contribution < -0.4 is 0 Å². The molecule has 0 amide bonds. The Morgan fingerprint density at radius 2 is 2.47 bits per heavy atom. The number of piperidine rings is 1. The van der Waals surface area contributed by atoms with E-state index in [-0.39, 0.29) is 0 Å². The maximum Gasteiger partial charge on any atom is 0.137 e. The van der Waals surface area contributed by atoms with Crippen molar-refractivity contribution in [2.24, 2.45) is 0 Å². The van der Waals surface area contributed by atoms with E-state index in [1.54, 1.807) is 0 Å². The average Bonchev–Trinajstić information content (AvgIpc) is 2.82. The standard InChI is InChI=1S/C14H19N3/c1-2-17-8-4-6-12(10-17)13-9-11-5-3-7-15-14(11)16-13/h3,5,7,9,12H,2,4,6,8,10H2,1H3,(H,15,16). The highest BCUT2D eigenvalue weighted by molar-refractivity contribution is 5.76. The minimum absolute atomic E-state index is 0.651. The Morgan fingerprint density at radius 1 is 1.53 bits per heavy atom. The Bertz CT molecular complexity index is 470. The first kappa shape index (κ1) is 10.8. The van der Waals surface area contributed by atoms with Gasteiger partial charge in [0.1, 0.15) is 5.65 Å². The molecule has 1 unspecified atom stereocenters. The predicted molar refractivity (Wildman–Crippen MR) is 70.2 cm³/mol. The van der Waals surface area contributed by atoms with E-state index in [1.807, 2.05) is 12.3 Å². The smallest absolute Gasteiger partial charge is 0.137 e. The molecule has 0 radical (unpaired) electrons.